The van der Waals surface area contributed by atoms with Crippen LogP contribution in [-0.2, 0) is 9.53 Å². The average molecular weight is 327 g/mol. The first kappa shape index (κ1) is 16.7. The SMILES string of the molecule is CCOC(=O)c1ccc(N/C=C2\C(=O)C3(C)CCC2C3(C)C)cc1. The number of anilines is 1. The van der Waals surface area contributed by atoms with E-state index in [2.05, 4.69) is 26.1 Å². The number of nitrogens with one attached hydrogen (secondary N) is 1. The van der Waals surface area contributed by atoms with Crippen LogP contribution in [0.2, 0.25) is 0 Å². The van der Waals surface area contributed by atoms with Crippen LogP contribution in [-0.4, -0.2) is 18.4 Å². The molecule has 0 amide bonds. The molecule has 2 unspecified atom stereocenters. The Bertz CT molecular complexity index is 702. The van der Waals surface area contributed by atoms with Gasteiger partial charge in [0.05, 0.1) is 12.2 Å². The van der Waals surface area contributed by atoms with E-state index in [-0.39, 0.29) is 22.6 Å². The molecule has 0 saturated heterocycles. The Labute approximate surface area is 143 Å². The second kappa shape index (κ2) is 5.76. The molecule has 3 rings (SSSR count). The molecule has 0 spiro atoms. The average Bonchev–Trinajstić information content (AvgIpc) is 2.86. The van der Waals surface area contributed by atoms with Crippen molar-refractivity contribution in [3.63, 3.8) is 0 Å². The fraction of sp³-hybridized carbons (Fsp3) is 0.500. The molecule has 2 aliphatic rings. The van der Waals surface area contributed by atoms with Crippen molar-refractivity contribution in [3.8, 4) is 0 Å². The molecule has 0 heterocycles. The lowest BCUT2D eigenvalue weighted by Crippen LogP contribution is -2.32. The highest BCUT2D eigenvalue weighted by atomic mass is 16.5. The molecule has 2 bridgehead atoms. The first-order chi connectivity index (χ1) is 11.3. The summed E-state index contributed by atoms with van der Waals surface area (Å²) in [6, 6.07) is 7.11. The summed E-state index contributed by atoms with van der Waals surface area (Å²) < 4.78 is 4.97. The highest BCUT2D eigenvalue weighted by molar-refractivity contribution is 6.04. The third-order valence-electron chi connectivity index (χ3n) is 6.16. The largest absolute Gasteiger partial charge is 0.462 e. The van der Waals surface area contributed by atoms with Crippen molar-refractivity contribution in [1.29, 1.82) is 0 Å². The van der Waals surface area contributed by atoms with E-state index < -0.39 is 0 Å². The number of esters is 1. The van der Waals surface area contributed by atoms with Gasteiger partial charge in [-0.15, -0.1) is 0 Å². The van der Waals surface area contributed by atoms with E-state index in [0.717, 1.165) is 24.1 Å². The molecule has 128 valence electrons. The van der Waals surface area contributed by atoms with Crippen LogP contribution in [0, 0.1) is 16.7 Å². The van der Waals surface area contributed by atoms with Crippen LogP contribution >= 0.6 is 0 Å². The number of hydrogen-bond acceptors (Lipinski definition) is 4. The molecule has 2 aliphatic carbocycles. The molecule has 0 radical (unpaired) electrons. The summed E-state index contributed by atoms with van der Waals surface area (Å²) in [5, 5.41) is 3.22. The molecule has 1 aromatic carbocycles. The van der Waals surface area contributed by atoms with Gasteiger partial charge >= 0.3 is 5.97 Å². The number of carbonyl (C=O) groups is 2. The summed E-state index contributed by atoms with van der Waals surface area (Å²) in [5.41, 5.74) is 2.07. The second-order valence-electron chi connectivity index (χ2n) is 7.52. The number of rotatable bonds is 4. The Morgan fingerprint density at radius 3 is 2.50 bits per heavy atom. The summed E-state index contributed by atoms with van der Waals surface area (Å²) >= 11 is 0. The van der Waals surface area contributed by atoms with Crippen molar-refractivity contribution < 1.29 is 14.3 Å². The highest BCUT2D eigenvalue weighted by Crippen LogP contribution is 2.65. The molecule has 1 N–H and O–H groups in total. The Morgan fingerprint density at radius 2 is 1.96 bits per heavy atom. The first-order valence-corrected chi connectivity index (χ1v) is 8.60. The van der Waals surface area contributed by atoms with E-state index in [1.807, 2.05) is 18.3 Å². The van der Waals surface area contributed by atoms with E-state index in [1.165, 1.54) is 0 Å². The summed E-state index contributed by atoms with van der Waals surface area (Å²) in [6.45, 7) is 8.66. The minimum Gasteiger partial charge on any atom is -0.462 e. The van der Waals surface area contributed by atoms with Crippen LogP contribution in [0.4, 0.5) is 5.69 Å². The van der Waals surface area contributed by atoms with Gasteiger partial charge in [0, 0.05) is 22.9 Å². The van der Waals surface area contributed by atoms with Crippen LogP contribution in [0.3, 0.4) is 0 Å². The smallest absolute Gasteiger partial charge is 0.338 e. The summed E-state index contributed by atoms with van der Waals surface area (Å²) in [5.74, 6) is 0.279. The third-order valence-corrected chi connectivity index (χ3v) is 6.16. The van der Waals surface area contributed by atoms with Crippen molar-refractivity contribution in [2.45, 2.75) is 40.5 Å². The Hall–Kier alpha value is -2.10. The number of hydrogen-bond donors (Lipinski definition) is 1. The quantitative estimate of drug-likeness (QED) is 0.665. The van der Waals surface area contributed by atoms with Crippen molar-refractivity contribution in [3.05, 3.63) is 41.6 Å². The summed E-state index contributed by atoms with van der Waals surface area (Å²) in [7, 11) is 0. The van der Waals surface area contributed by atoms with Gasteiger partial charge in [0.15, 0.2) is 5.78 Å². The molecule has 2 fully saturated rings. The van der Waals surface area contributed by atoms with E-state index >= 15 is 0 Å². The predicted molar refractivity (Wildman–Crippen MR) is 93.7 cm³/mol. The van der Waals surface area contributed by atoms with Gasteiger partial charge in [-0.2, -0.15) is 0 Å². The Morgan fingerprint density at radius 1 is 1.29 bits per heavy atom. The molecule has 1 aromatic rings. The van der Waals surface area contributed by atoms with Gasteiger partial charge < -0.3 is 10.1 Å². The number of allylic oxidation sites excluding steroid dienone is 1. The molecule has 2 atom stereocenters. The van der Waals surface area contributed by atoms with Crippen molar-refractivity contribution >= 4 is 17.4 Å². The highest BCUT2D eigenvalue weighted by Gasteiger charge is 2.63. The topological polar surface area (TPSA) is 55.4 Å². The van der Waals surface area contributed by atoms with E-state index in [0.29, 0.717) is 18.1 Å². The Kier molecular flexibility index (Phi) is 4.02. The van der Waals surface area contributed by atoms with Crippen molar-refractivity contribution in [2.24, 2.45) is 16.7 Å². The molecule has 0 aromatic heterocycles. The monoisotopic (exact) mass is 327 g/mol. The standard InChI is InChI=1S/C20H25NO3/c1-5-24-18(23)13-6-8-14(9-7-13)21-12-15-16-10-11-20(4,17(15)22)19(16,2)3/h6-9,12,16,21H,5,10-11H2,1-4H3/b15-12-. The number of Topliss-reactive ketones (excluding diaryl/α,β-unsaturated/α-hetero) is 1. The minimum absolute atomic E-state index is 0.0192. The normalized spacial score (nSPS) is 29.1. The number of benzene rings is 1. The fourth-order valence-electron chi connectivity index (χ4n) is 4.17. The van der Waals surface area contributed by atoms with E-state index in [9.17, 15) is 9.59 Å². The van der Waals surface area contributed by atoms with Crippen LogP contribution < -0.4 is 5.32 Å². The molecular formula is C20H25NO3. The molecular weight excluding hydrogens is 302 g/mol. The van der Waals surface area contributed by atoms with Crippen LogP contribution in [0.1, 0.15) is 50.9 Å². The van der Waals surface area contributed by atoms with Gasteiger partial charge in [0.1, 0.15) is 0 Å². The lowest BCUT2D eigenvalue weighted by Gasteiger charge is -2.31. The molecule has 4 heteroatoms. The molecule has 4 nitrogen and oxygen atoms in total. The van der Waals surface area contributed by atoms with Gasteiger partial charge in [-0.3, -0.25) is 4.79 Å². The lowest BCUT2D eigenvalue weighted by atomic mass is 9.70. The second-order valence-corrected chi connectivity index (χ2v) is 7.52. The predicted octanol–water partition coefficient (Wildman–Crippen LogP) is 4.18. The Balaban J connectivity index is 1.75. The number of carbonyl (C=O) groups excluding carboxylic acids is 2. The zero-order chi connectivity index (χ0) is 17.5. The lowest BCUT2D eigenvalue weighted by molar-refractivity contribution is -0.125. The third kappa shape index (κ3) is 2.36. The molecule has 0 aliphatic heterocycles. The maximum atomic E-state index is 12.8. The zero-order valence-corrected chi connectivity index (χ0v) is 14.8. The van der Waals surface area contributed by atoms with E-state index in [4.69, 9.17) is 4.74 Å². The van der Waals surface area contributed by atoms with Gasteiger partial charge in [-0.25, -0.2) is 4.79 Å². The zero-order valence-electron chi connectivity index (χ0n) is 14.8. The van der Waals surface area contributed by atoms with Crippen molar-refractivity contribution in [2.75, 3.05) is 11.9 Å². The van der Waals surface area contributed by atoms with Gasteiger partial charge in [0.25, 0.3) is 0 Å². The maximum absolute atomic E-state index is 12.8. The summed E-state index contributed by atoms with van der Waals surface area (Å²) in [6.07, 6.45) is 3.91. The van der Waals surface area contributed by atoms with Gasteiger partial charge in [-0.05, 0) is 55.4 Å². The fourth-order valence-corrected chi connectivity index (χ4v) is 4.17. The molecule has 2 saturated carbocycles. The minimum atomic E-state index is -0.319. The first-order valence-electron chi connectivity index (χ1n) is 8.60. The maximum Gasteiger partial charge on any atom is 0.338 e. The molecule has 24 heavy (non-hydrogen) atoms. The number of fused-ring (bicyclic) bond motifs is 2. The number of ether oxygens (including phenoxy) is 1. The van der Waals surface area contributed by atoms with E-state index in [1.54, 1.807) is 19.1 Å². The van der Waals surface area contributed by atoms with Crippen LogP contribution in [0.15, 0.2) is 36.0 Å². The van der Waals surface area contributed by atoms with Gasteiger partial charge in [-0.1, -0.05) is 20.8 Å². The number of ketones is 1. The van der Waals surface area contributed by atoms with Crippen LogP contribution in [0.25, 0.3) is 0 Å². The van der Waals surface area contributed by atoms with Crippen LogP contribution in [0.5, 0.6) is 0 Å². The van der Waals surface area contributed by atoms with Gasteiger partial charge in [0.2, 0.25) is 0 Å². The summed E-state index contributed by atoms with van der Waals surface area (Å²) in [4.78, 5) is 24.4. The van der Waals surface area contributed by atoms with Crippen molar-refractivity contribution in [1.82, 2.24) is 0 Å².